The van der Waals surface area contributed by atoms with E-state index < -0.39 is 0 Å². The van der Waals surface area contributed by atoms with Gasteiger partial charge in [0.2, 0.25) is 0 Å². The Morgan fingerprint density at radius 2 is 1.83 bits per heavy atom. The van der Waals surface area contributed by atoms with Gasteiger partial charge in [-0.25, -0.2) is 0 Å². The number of nitrogens with one attached hydrogen (secondary N) is 1. The zero-order chi connectivity index (χ0) is 17.0. The third-order valence-corrected chi connectivity index (χ3v) is 5.24. The molecule has 0 aliphatic carbocycles. The molecule has 0 heterocycles. The molecule has 0 aromatic heterocycles. The molecule has 0 aliphatic rings. The Morgan fingerprint density at radius 1 is 1.09 bits per heavy atom. The van der Waals surface area contributed by atoms with E-state index in [9.17, 15) is 0 Å². The highest BCUT2D eigenvalue weighted by Gasteiger charge is 2.20. The molecule has 1 rings (SSSR count). The highest BCUT2D eigenvalue weighted by Crippen LogP contribution is 2.29. The van der Waals surface area contributed by atoms with Gasteiger partial charge in [0.25, 0.3) is 0 Å². The molecule has 1 aromatic rings. The summed E-state index contributed by atoms with van der Waals surface area (Å²) in [4.78, 5) is 0. The maximum atomic E-state index is 5.72. The van der Waals surface area contributed by atoms with Crippen LogP contribution in [0.4, 0.5) is 0 Å². The first-order valence-corrected chi connectivity index (χ1v) is 9.79. The van der Waals surface area contributed by atoms with Gasteiger partial charge in [-0.15, -0.1) is 0 Å². The Kier molecular flexibility index (Phi) is 10.4. The molecule has 0 bridgehead atoms. The lowest BCUT2D eigenvalue weighted by Gasteiger charge is -2.25. The van der Waals surface area contributed by atoms with Crippen LogP contribution < -0.4 is 10.1 Å². The second kappa shape index (κ2) is 11.8. The number of ether oxygens (including phenoxy) is 2. The van der Waals surface area contributed by atoms with E-state index in [0.717, 1.165) is 24.7 Å². The monoisotopic (exact) mass is 339 g/mol. The molecule has 1 N–H and O–H groups in total. The molecule has 0 atom stereocenters. The molecule has 0 spiro atoms. The SMILES string of the molecule is CCCCSCC(C)(C)c1ccc(OCCOCCNC)cc1. The van der Waals surface area contributed by atoms with Crippen LogP contribution in [0.3, 0.4) is 0 Å². The average Bonchev–Trinajstić information content (AvgIpc) is 2.55. The van der Waals surface area contributed by atoms with Crippen LogP contribution in [-0.4, -0.2) is 44.9 Å². The van der Waals surface area contributed by atoms with Gasteiger partial charge in [0.05, 0.1) is 13.2 Å². The standard InChI is InChI=1S/C19H33NO2S/c1-5-6-15-23-16-19(2,3)17-7-9-18(10-8-17)22-14-13-21-12-11-20-4/h7-10,20H,5-6,11-16H2,1-4H3. The van der Waals surface area contributed by atoms with Gasteiger partial charge in [-0.05, 0) is 42.3 Å². The molecule has 1 aromatic carbocycles. The van der Waals surface area contributed by atoms with E-state index in [0.29, 0.717) is 13.2 Å². The molecule has 3 nitrogen and oxygen atoms in total. The van der Waals surface area contributed by atoms with Gasteiger partial charge in [0.15, 0.2) is 0 Å². The first-order valence-electron chi connectivity index (χ1n) is 8.63. The molecule has 0 aliphatic heterocycles. The van der Waals surface area contributed by atoms with Gasteiger partial charge in [-0.1, -0.05) is 39.3 Å². The fourth-order valence-electron chi connectivity index (χ4n) is 2.15. The van der Waals surface area contributed by atoms with Crippen molar-refractivity contribution in [2.24, 2.45) is 0 Å². The van der Waals surface area contributed by atoms with E-state index in [4.69, 9.17) is 9.47 Å². The summed E-state index contributed by atoms with van der Waals surface area (Å²) in [7, 11) is 1.92. The maximum absolute atomic E-state index is 5.72. The van der Waals surface area contributed by atoms with Crippen LogP contribution in [0.5, 0.6) is 5.75 Å². The van der Waals surface area contributed by atoms with E-state index >= 15 is 0 Å². The third-order valence-electron chi connectivity index (χ3n) is 3.73. The smallest absolute Gasteiger partial charge is 0.119 e. The van der Waals surface area contributed by atoms with E-state index in [1.54, 1.807) is 0 Å². The summed E-state index contributed by atoms with van der Waals surface area (Å²) in [5.41, 5.74) is 1.58. The van der Waals surface area contributed by atoms with Crippen molar-refractivity contribution >= 4 is 11.8 Å². The Hall–Kier alpha value is -0.710. The Labute approximate surface area is 146 Å². The number of hydrogen-bond donors (Lipinski definition) is 1. The first kappa shape index (κ1) is 20.3. The van der Waals surface area contributed by atoms with Crippen molar-refractivity contribution in [3.05, 3.63) is 29.8 Å². The van der Waals surface area contributed by atoms with Gasteiger partial charge < -0.3 is 14.8 Å². The molecule has 0 fully saturated rings. The molecule has 23 heavy (non-hydrogen) atoms. The largest absolute Gasteiger partial charge is 0.491 e. The topological polar surface area (TPSA) is 30.5 Å². The zero-order valence-corrected chi connectivity index (χ0v) is 16.0. The third kappa shape index (κ3) is 8.63. The quantitative estimate of drug-likeness (QED) is 0.548. The molecular formula is C19H33NO2S. The van der Waals surface area contributed by atoms with Crippen LogP contribution in [0.1, 0.15) is 39.2 Å². The highest BCUT2D eigenvalue weighted by molar-refractivity contribution is 7.99. The van der Waals surface area contributed by atoms with Crippen molar-refractivity contribution in [1.82, 2.24) is 5.32 Å². The molecule has 0 saturated heterocycles. The minimum absolute atomic E-state index is 0.202. The molecule has 132 valence electrons. The molecule has 0 radical (unpaired) electrons. The van der Waals surface area contributed by atoms with Crippen LogP contribution in [0.25, 0.3) is 0 Å². The van der Waals surface area contributed by atoms with Crippen LogP contribution in [0.2, 0.25) is 0 Å². The van der Waals surface area contributed by atoms with Gasteiger partial charge in [-0.2, -0.15) is 11.8 Å². The number of rotatable bonds is 13. The summed E-state index contributed by atoms with van der Waals surface area (Å²) >= 11 is 2.05. The molecule has 0 amide bonds. The Balaban J connectivity index is 2.33. The highest BCUT2D eigenvalue weighted by atomic mass is 32.2. The minimum Gasteiger partial charge on any atom is -0.491 e. The predicted octanol–water partition coefficient (Wildman–Crippen LogP) is 4.11. The van der Waals surface area contributed by atoms with Gasteiger partial charge >= 0.3 is 0 Å². The number of unbranched alkanes of at least 4 members (excludes halogenated alkanes) is 1. The van der Waals surface area contributed by atoms with Crippen molar-refractivity contribution < 1.29 is 9.47 Å². The van der Waals surface area contributed by atoms with Crippen molar-refractivity contribution in [2.75, 3.05) is 44.9 Å². The Bertz CT molecular complexity index is 406. The minimum atomic E-state index is 0.202. The predicted molar refractivity (Wildman–Crippen MR) is 102 cm³/mol. The molecule has 0 unspecified atom stereocenters. The number of hydrogen-bond acceptors (Lipinski definition) is 4. The Morgan fingerprint density at radius 3 is 2.48 bits per heavy atom. The normalized spacial score (nSPS) is 11.7. The number of thioether (sulfide) groups is 1. The van der Waals surface area contributed by atoms with Gasteiger partial charge in [0.1, 0.15) is 12.4 Å². The first-order chi connectivity index (χ1) is 11.1. The van der Waals surface area contributed by atoms with E-state index in [1.807, 2.05) is 7.05 Å². The van der Waals surface area contributed by atoms with E-state index in [2.05, 4.69) is 62.1 Å². The van der Waals surface area contributed by atoms with Gasteiger partial charge in [0, 0.05) is 12.3 Å². The summed E-state index contributed by atoms with van der Waals surface area (Å²) in [6.07, 6.45) is 2.59. The molecular weight excluding hydrogens is 306 g/mol. The summed E-state index contributed by atoms with van der Waals surface area (Å²) in [5.74, 6) is 3.33. The second-order valence-corrected chi connectivity index (χ2v) is 7.48. The van der Waals surface area contributed by atoms with Crippen molar-refractivity contribution in [3.8, 4) is 5.75 Å². The van der Waals surface area contributed by atoms with Crippen LogP contribution in [0, 0.1) is 0 Å². The zero-order valence-electron chi connectivity index (χ0n) is 15.2. The van der Waals surface area contributed by atoms with Crippen molar-refractivity contribution in [3.63, 3.8) is 0 Å². The summed E-state index contributed by atoms with van der Waals surface area (Å²) in [6.45, 7) is 9.70. The van der Waals surface area contributed by atoms with Crippen LogP contribution in [0.15, 0.2) is 24.3 Å². The number of likely N-dealkylation sites (N-methyl/N-ethyl adjacent to an activating group) is 1. The van der Waals surface area contributed by atoms with Crippen LogP contribution in [-0.2, 0) is 10.2 Å². The average molecular weight is 340 g/mol. The molecule has 0 saturated carbocycles. The lowest BCUT2D eigenvalue weighted by molar-refractivity contribution is 0.103. The van der Waals surface area contributed by atoms with Crippen molar-refractivity contribution in [1.29, 1.82) is 0 Å². The number of benzene rings is 1. The second-order valence-electron chi connectivity index (χ2n) is 6.38. The lowest BCUT2D eigenvalue weighted by Crippen LogP contribution is -2.20. The summed E-state index contributed by atoms with van der Waals surface area (Å²) in [5, 5.41) is 3.05. The van der Waals surface area contributed by atoms with Crippen LogP contribution >= 0.6 is 11.8 Å². The van der Waals surface area contributed by atoms with E-state index in [1.165, 1.54) is 24.2 Å². The fraction of sp³-hybridized carbons (Fsp3) is 0.684. The maximum Gasteiger partial charge on any atom is 0.119 e. The lowest BCUT2D eigenvalue weighted by atomic mass is 9.87. The fourth-order valence-corrected chi connectivity index (χ4v) is 3.47. The van der Waals surface area contributed by atoms with E-state index in [-0.39, 0.29) is 5.41 Å². The van der Waals surface area contributed by atoms with Gasteiger partial charge in [-0.3, -0.25) is 0 Å². The molecule has 4 heteroatoms. The summed E-state index contributed by atoms with van der Waals surface area (Å²) < 4.78 is 11.2. The summed E-state index contributed by atoms with van der Waals surface area (Å²) in [6, 6.07) is 8.53. The van der Waals surface area contributed by atoms with Crippen molar-refractivity contribution in [2.45, 2.75) is 39.0 Å².